The summed E-state index contributed by atoms with van der Waals surface area (Å²) >= 11 is 0. The molecule has 0 unspecified atom stereocenters. The van der Waals surface area contributed by atoms with Gasteiger partial charge in [-0.3, -0.25) is 14.2 Å². The molecular formula is C10H14N6O. The third-order valence-electron chi connectivity index (χ3n) is 2.34. The van der Waals surface area contributed by atoms with Gasteiger partial charge in [-0.05, 0) is 6.92 Å². The molecule has 7 nitrogen and oxygen atoms in total. The largest absolute Gasteiger partial charge is 0.382 e. The smallest absolute Gasteiger partial charge is 0.275 e. The number of nitrogens with one attached hydrogen (secondary N) is 1. The number of hydrogen-bond donors (Lipinski definition) is 2. The third kappa shape index (κ3) is 2.27. The van der Waals surface area contributed by atoms with E-state index in [9.17, 15) is 4.79 Å². The molecule has 0 atom stereocenters. The van der Waals surface area contributed by atoms with Crippen LogP contribution in [0.5, 0.6) is 0 Å². The molecule has 17 heavy (non-hydrogen) atoms. The van der Waals surface area contributed by atoms with Crippen molar-refractivity contribution in [2.24, 2.45) is 7.05 Å². The van der Waals surface area contributed by atoms with E-state index in [1.165, 1.54) is 10.7 Å². The highest BCUT2D eigenvalue weighted by molar-refractivity contribution is 6.02. The van der Waals surface area contributed by atoms with Gasteiger partial charge in [-0.25, -0.2) is 0 Å². The van der Waals surface area contributed by atoms with E-state index >= 15 is 0 Å². The van der Waals surface area contributed by atoms with Crippen molar-refractivity contribution in [1.82, 2.24) is 19.6 Å². The summed E-state index contributed by atoms with van der Waals surface area (Å²) < 4.78 is 3.16. The predicted octanol–water partition coefficient (Wildman–Crippen LogP) is 0.471. The van der Waals surface area contributed by atoms with Gasteiger partial charge in [-0.1, -0.05) is 0 Å². The number of aryl methyl sites for hydroxylation is 2. The number of carbonyl (C=O) groups is 1. The van der Waals surface area contributed by atoms with Crippen molar-refractivity contribution in [2.45, 2.75) is 13.5 Å². The van der Waals surface area contributed by atoms with E-state index in [1.807, 2.05) is 6.92 Å². The average molecular weight is 234 g/mol. The Kier molecular flexibility index (Phi) is 2.82. The molecule has 90 valence electrons. The van der Waals surface area contributed by atoms with Gasteiger partial charge >= 0.3 is 0 Å². The highest BCUT2D eigenvalue weighted by atomic mass is 16.2. The molecule has 2 rings (SSSR count). The lowest BCUT2D eigenvalue weighted by Gasteiger charge is -2.01. The maximum absolute atomic E-state index is 11.9. The summed E-state index contributed by atoms with van der Waals surface area (Å²) in [7, 11) is 1.66. The van der Waals surface area contributed by atoms with Crippen LogP contribution in [0.3, 0.4) is 0 Å². The highest BCUT2D eigenvalue weighted by Gasteiger charge is 2.13. The van der Waals surface area contributed by atoms with Crippen LogP contribution in [0, 0.1) is 0 Å². The molecule has 0 bridgehead atoms. The Labute approximate surface area is 98.2 Å². The van der Waals surface area contributed by atoms with Crippen LogP contribution in [-0.4, -0.2) is 25.5 Å². The molecule has 0 aromatic carbocycles. The van der Waals surface area contributed by atoms with Crippen molar-refractivity contribution in [2.75, 3.05) is 11.1 Å². The highest BCUT2D eigenvalue weighted by Crippen LogP contribution is 2.08. The van der Waals surface area contributed by atoms with Crippen molar-refractivity contribution in [3.05, 3.63) is 24.0 Å². The summed E-state index contributed by atoms with van der Waals surface area (Å²) in [5.41, 5.74) is 5.90. The summed E-state index contributed by atoms with van der Waals surface area (Å²) in [4.78, 5) is 11.9. The Balaban J connectivity index is 2.14. The summed E-state index contributed by atoms with van der Waals surface area (Å²) in [5.74, 6) is 0.548. The van der Waals surface area contributed by atoms with Crippen LogP contribution in [0.1, 0.15) is 17.4 Å². The molecule has 0 radical (unpaired) electrons. The molecule has 2 aromatic heterocycles. The summed E-state index contributed by atoms with van der Waals surface area (Å²) in [6.45, 7) is 2.73. The minimum atomic E-state index is -0.280. The van der Waals surface area contributed by atoms with E-state index in [2.05, 4.69) is 15.5 Å². The van der Waals surface area contributed by atoms with E-state index < -0.39 is 0 Å². The first-order valence-electron chi connectivity index (χ1n) is 5.24. The maximum Gasteiger partial charge on any atom is 0.275 e. The molecule has 0 aliphatic heterocycles. The fraction of sp³-hybridized carbons (Fsp3) is 0.300. The Morgan fingerprint density at radius 3 is 2.82 bits per heavy atom. The Hall–Kier alpha value is -2.31. The number of aromatic nitrogens is 4. The van der Waals surface area contributed by atoms with Crippen LogP contribution in [0.4, 0.5) is 11.6 Å². The van der Waals surface area contributed by atoms with Crippen LogP contribution >= 0.6 is 0 Å². The van der Waals surface area contributed by atoms with Crippen LogP contribution in [0.25, 0.3) is 0 Å². The Bertz CT molecular complexity index is 541. The molecule has 0 fully saturated rings. The normalized spacial score (nSPS) is 10.5. The zero-order valence-corrected chi connectivity index (χ0v) is 9.71. The maximum atomic E-state index is 11.9. The zero-order valence-electron chi connectivity index (χ0n) is 9.71. The first-order chi connectivity index (χ1) is 8.10. The van der Waals surface area contributed by atoms with Crippen LogP contribution in [0.2, 0.25) is 0 Å². The van der Waals surface area contributed by atoms with Crippen molar-refractivity contribution >= 4 is 17.5 Å². The fourth-order valence-corrected chi connectivity index (χ4v) is 1.49. The quantitative estimate of drug-likeness (QED) is 0.807. The molecule has 0 saturated heterocycles. The van der Waals surface area contributed by atoms with Gasteiger partial charge in [-0.2, -0.15) is 10.2 Å². The second kappa shape index (κ2) is 4.28. The lowest BCUT2D eigenvalue weighted by molar-refractivity contribution is 0.101. The number of nitrogens with two attached hydrogens (primary N) is 1. The SMILES string of the molecule is CCn1ccc(NC(=O)c2cc(N)nn2C)n1. The average Bonchev–Trinajstić information content (AvgIpc) is 2.85. The van der Waals surface area contributed by atoms with Crippen molar-refractivity contribution in [3.8, 4) is 0 Å². The first kappa shape index (κ1) is 11.2. The Morgan fingerprint density at radius 1 is 1.53 bits per heavy atom. The van der Waals surface area contributed by atoms with Crippen molar-refractivity contribution < 1.29 is 4.79 Å². The molecule has 0 aliphatic carbocycles. The minimum absolute atomic E-state index is 0.280. The van der Waals surface area contributed by atoms with E-state index in [4.69, 9.17) is 5.73 Å². The van der Waals surface area contributed by atoms with E-state index in [0.717, 1.165) is 6.54 Å². The second-order valence-corrected chi connectivity index (χ2v) is 3.59. The molecule has 7 heteroatoms. The van der Waals surface area contributed by atoms with E-state index in [-0.39, 0.29) is 5.91 Å². The predicted molar refractivity (Wildman–Crippen MR) is 63.5 cm³/mol. The van der Waals surface area contributed by atoms with Gasteiger partial charge in [0.15, 0.2) is 5.82 Å². The summed E-state index contributed by atoms with van der Waals surface area (Å²) in [6, 6.07) is 3.26. The molecule has 0 spiro atoms. The van der Waals surface area contributed by atoms with Crippen molar-refractivity contribution in [3.63, 3.8) is 0 Å². The summed E-state index contributed by atoms with van der Waals surface area (Å²) in [5, 5.41) is 10.7. The molecule has 0 saturated carbocycles. The first-order valence-corrected chi connectivity index (χ1v) is 5.24. The molecule has 0 aliphatic rings. The number of anilines is 2. The number of nitrogens with zero attached hydrogens (tertiary/aromatic N) is 4. The number of nitrogen functional groups attached to an aromatic ring is 1. The third-order valence-corrected chi connectivity index (χ3v) is 2.34. The van der Waals surface area contributed by atoms with Gasteiger partial charge in [0.25, 0.3) is 5.91 Å². The number of hydrogen-bond acceptors (Lipinski definition) is 4. The molecule has 1 amide bonds. The Morgan fingerprint density at radius 2 is 2.29 bits per heavy atom. The van der Waals surface area contributed by atoms with E-state index in [0.29, 0.717) is 17.3 Å². The summed E-state index contributed by atoms with van der Waals surface area (Å²) in [6.07, 6.45) is 1.80. The second-order valence-electron chi connectivity index (χ2n) is 3.59. The minimum Gasteiger partial charge on any atom is -0.382 e. The number of amides is 1. The number of rotatable bonds is 3. The van der Waals surface area contributed by atoms with Gasteiger partial charge < -0.3 is 11.1 Å². The van der Waals surface area contributed by atoms with Gasteiger partial charge in [-0.15, -0.1) is 0 Å². The number of carbonyl (C=O) groups excluding carboxylic acids is 1. The van der Waals surface area contributed by atoms with Crippen LogP contribution in [-0.2, 0) is 13.6 Å². The fourth-order valence-electron chi connectivity index (χ4n) is 1.49. The standard InChI is InChI=1S/C10H14N6O/c1-3-16-5-4-9(14-16)12-10(17)7-6-8(11)13-15(7)2/h4-6H,3H2,1-2H3,(H2,11,13)(H,12,14,17). The monoisotopic (exact) mass is 234 g/mol. The van der Waals surface area contributed by atoms with Crippen molar-refractivity contribution in [1.29, 1.82) is 0 Å². The molecule has 2 heterocycles. The topological polar surface area (TPSA) is 90.8 Å². The molecule has 2 aromatic rings. The lowest BCUT2D eigenvalue weighted by atomic mass is 10.4. The van der Waals surface area contributed by atoms with Crippen LogP contribution in [0.15, 0.2) is 18.3 Å². The van der Waals surface area contributed by atoms with Gasteiger partial charge in [0.2, 0.25) is 0 Å². The molecular weight excluding hydrogens is 220 g/mol. The zero-order chi connectivity index (χ0) is 12.4. The van der Waals surface area contributed by atoms with Gasteiger partial charge in [0.05, 0.1) is 0 Å². The lowest BCUT2D eigenvalue weighted by Crippen LogP contribution is -2.16. The van der Waals surface area contributed by atoms with Gasteiger partial charge in [0, 0.05) is 31.9 Å². The van der Waals surface area contributed by atoms with Crippen LogP contribution < -0.4 is 11.1 Å². The van der Waals surface area contributed by atoms with Gasteiger partial charge in [0.1, 0.15) is 11.5 Å². The molecule has 3 N–H and O–H groups in total. The van der Waals surface area contributed by atoms with E-state index in [1.54, 1.807) is 24.0 Å².